The summed E-state index contributed by atoms with van der Waals surface area (Å²) in [5.41, 5.74) is 5.34. The van der Waals surface area contributed by atoms with Crippen molar-refractivity contribution in [3.63, 3.8) is 0 Å². The first-order chi connectivity index (χ1) is 14.6. The maximum atomic E-state index is 11.9. The molecule has 3 heterocycles. The van der Waals surface area contributed by atoms with Gasteiger partial charge in [0.25, 0.3) is 5.91 Å². The Morgan fingerprint density at radius 1 is 1.16 bits per heavy atom. The number of amidine groups is 1. The Balaban J connectivity index is 1.64. The minimum Gasteiger partial charge on any atom is -0.466 e. The third-order valence-electron chi connectivity index (χ3n) is 6.38. The van der Waals surface area contributed by atoms with Crippen LogP contribution in [0.2, 0.25) is 0 Å². The van der Waals surface area contributed by atoms with E-state index in [-0.39, 0.29) is 21.6 Å². The molecule has 1 fully saturated rings. The Bertz CT molecular complexity index is 998. The molecule has 1 aromatic rings. The van der Waals surface area contributed by atoms with E-state index < -0.39 is 5.97 Å². The summed E-state index contributed by atoms with van der Waals surface area (Å²) in [4.78, 5) is 26.1. The van der Waals surface area contributed by atoms with Crippen LogP contribution in [0.3, 0.4) is 0 Å². The average Bonchev–Trinajstić information content (AvgIpc) is 3.05. The second kappa shape index (κ2) is 7.82. The van der Waals surface area contributed by atoms with Gasteiger partial charge in [0.05, 0.1) is 18.2 Å². The zero-order valence-electron chi connectivity index (χ0n) is 18.6. The molecule has 31 heavy (non-hydrogen) atoms. The largest absolute Gasteiger partial charge is 0.466 e. The van der Waals surface area contributed by atoms with Gasteiger partial charge in [0.1, 0.15) is 0 Å². The number of rotatable bonds is 3. The third kappa shape index (κ3) is 4.13. The number of esters is 1. The topological polar surface area (TPSA) is 83.4 Å². The van der Waals surface area contributed by atoms with Gasteiger partial charge in [-0.05, 0) is 64.3 Å². The molecule has 0 saturated carbocycles. The Kier molecular flexibility index (Phi) is 5.45. The summed E-state index contributed by atoms with van der Waals surface area (Å²) < 4.78 is 4.57. The van der Waals surface area contributed by atoms with Crippen LogP contribution < -0.4 is 10.2 Å². The fraction of sp³-hybridized carbons (Fsp3) is 0.478. The molecule has 1 amide bonds. The number of carbonyl (C=O) groups excluding carboxylic acids is 2. The van der Waals surface area contributed by atoms with Crippen LogP contribution in [-0.2, 0) is 25.2 Å². The first kappa shape index (κ1) is 21.6. The summed E-state index contributed by atoms with van der Waals surface area (Å²) in [6, 6.07) is 4.44. The van der Waals surface area contributed by atoms with Crippen molar-refractivity contribution in [3.05, 3.63) is 39.8 Å². The van der Waals surface area contributed by atoms with E-state index in [0.29, 0.717) is 5.17 Å². The Labute approximate surface area is 187 Å². The molecule has 3 aliphatic heterocycles. The molecule has 1 saturated heterocycles. The molecule has 0 atom stereocenters. The van der Waals surface area contributed by atoms with Crippen molar-refractivity contribution < 1.29 is 14.3 Å². The summed E-state index contributed by atoms with van der Waals surface area (Å²) in [6.07, 6.45) is 5.14. The lowest BCUT2D eigenvalue weighted by Crippen LogP contribution is -2.44. The van der Waals surface area contributed by atoms with Gasteiger partial charge in [-0.3, -0.25) is 10.1 Å². The average molecular weight is 441 g/mol. The fourth-order valence-corrected chi connectivity index (χ4v) is 5.07. The van der Waals surface area contributed by atoms with Crippen molar-refractivity contribution in [2.24, 2.45) is 10.2 Å². The predicted octanol–water partition coefficient (Wildman–Crippen LogP) is 3.47. The van der Waals surface area contributed by atoms with Crippen LogP contribution in [0.25, 0.3) is 0 Å². The molecule has 0 radical (unpaired) electrons. The van der Waals surface area contributed by atoms with E-state index in [4.69, 9.17) is 0 Å². The third-order valence-corrected chi connectivity index (χ3v) is 7.28. The highest BCUT2D eigenvalue weighted by atomic mass is 32.2. The van der Waals surface area contributed by atoms with Crippen LogP contribution in [0.5, 0.6) is 0 Å². The van der Waals surface area contributed by atoms with E-state index in [2.05, 4.69) is 65.0 Å². The van der Waals surface area contributed by atoms with Crippen LogP contribution >= 0.6 is 11.8 Å². The molecule has 164 valence electrons. The Morgan fingerprint density at radius 3 is 2.35 bits per heavy atom. The molecular formula is C23H28N4O3S. The van der Waals surface area contributed by atoms with E-state index >= 15 is 0 Å². The van der Waals surface area contributed by atoms with Crippen molar-refractivity contribution in [2.45, 2.75) is 51.4 Å². The molecule has 7 nitrogen and oxygen atoms in total. The summed E-state index contributed by atoms with van der Waals surface area (Å²) in [5.74, 6) is -0.962. The van der Waals surface area contributed by atoms with Gasteiger partial charge in [0.2, 0.25) is 0 Å². The van der Waals surface area contributed by atoms with Crippen molar-refractivity contribution in [1.82, 2.24) is 5.32 Å². The number of ether oxygens (including phenoxy) is 1. The molecule has 3 aliphatic rings. The molecular weight excluding hydrogens is 412 g/mol. The number of hydrogen-bond donors (Lipinski definition) is 1. The number of anilines is 1. The van der Waals surface area contributed by atoms with E-state index in [1.165, 1.54) is 23.9 Å². The van der Waals surface area contributed by atoms with Crippen molar-refractivity contribution in [1.29, 1.82) is 0 Å². The zero-order chi connectivity index (χ0) is 22.4. The van der Waals surface area contributed by atoms with E-state index in [9.17, 15) is 9.59 Å². The second-order valence-electron chi connectivity index (χ2n) is 9.46. The Hall–Kier alpha value is -2.61. The maximum absolute atomic E-state index is 11.9. The van der Waals surface area contributed by atoms with E-state index in [0.717, 1.165) is 49.3 Å². The number of nitrogens with one attached hydrogen (secondary N) is 1. The number of hydrogen-bond acceptors (Lipinski definition) is 7. The van der Waals surface area contributed by atoms with E-state index in [1.807, 2.05) is 0 Å². The quantitative estimate of drug-likeness (QED) is 0.337. The van der Waals surface area contributed by atoms with Gasteiger partial charge in [-0.15, -0.1) is 5.10 Å². The Morgan fingerprint density at radius 2 is 1.77 bits per heavy atom. The number of carbonyl (C=O) groups is 2. The zero-order valence-corrected chi connectivity index (χ0v) is 19.4. The summed E-state index contributed by atoms with van der Waals surface area (Å²) in [5, 5.41) is 11.3. The predicted molar refractivity (Wildman–Crippen MR) is 125 cm³/mol. The van der Waals surface area contributed by atoms with Gasteiger partial charge < -0.3 is 9.64 Å². The monoisotopic (exact) mass is 440 g/mol. The highest BCUT2D eigenvalue weighted by Gasteiger charge is 2.39. The van der Waals surface area contributed by atoms with Crippen molar-refractivity contribution in [3.8, 4) is 0 Å². The van der Waals surface area contributed by atoms with Crippen LogP contribution in [0.1, 0.15) is 57.2 Å². The molecule has 0 spiro atoms. The number of methoxy groups -OCH3 is 1. The summed E-state index contributed by atoms with van der Waals surface area (Å²) >= 11 is 1.07. The van der Waals surface area contributed by atoms with Gasteiger partial charge in [-0.2, -0.15) is 5.10 Å². The van der Waals surface area contributed by atoms with Crippen molar-refractivity contribution in [2.75, 3.05) is 25.1 Å². The van der Waals surface area contributed by atoms with Crippen LogP contribution in [0.4, 0.5) is 5.69 Å². The SMILES string of the molecule is COC(=O)/C=C1/S/C(=N\N=Cc2cc3c4c(c2)C(C)(C)CCN4CCC3(C)C)NC1=O. The van der Waals surface area contributed by atoms with Gasteiger partial charge in [0.15, 0.2) is 5.17 Å². The van der Waals surface area contributed by atoms with E-state index in [1.54, 1.807) is 6.21 Å². The molecule has 0 aliphatic carbocycles. The summed E-state index contributed by atoms with van der Waals surface area (Å²) in [6.45, 7) is 11.4. The highest BCUT2D eigenvalue weighted by Crippen LogP contribution is 2.49. The normalized spacial score (nSPS) is 23.9. The van der Waals surface area contributed by atoms with Gasteiger partial charge >= 0.3 is 5.97 Å². The van der Waals surface area contributed by atoms with Gasteiger partial charge in [-0.1, -0.05) is 27.7 Å². The highest BCUT2D eigenvalue weighted by molar-refractivity contribution is 8.18. The lowest BCUT2D eigenvalue weighted by molar-refractivity contribution is -0.135. The number of amides is 1. The minimum absolute atomic E-state index is 0.104. The molecule has 0 unspecified atom stereocenters. The molecule has 1 N–H and O–H groups in total. The first-order valence-corrected chi connectivity index (χ1v) is 11.3. The minimum atomic E-state index is -0.579. The number of nitrogens with zero attached hydrogens (tertiary/aromatic N) is 3. The lowest BCUT2D eigenvalue weighted by atomic mass is 9.69. The van der Waals surface area contributed by atoms with Crippen LogP contribution in [0, 0.1) is 0 Å². The molecule has 4 rings (SSSR count). The van der Waals surface area contributed by atoms with Crippen LogP contribution in [-0.4, -0.2) is 43.5 Å². The van der Waals surface area contributed by atoms with Gasteiger partial charge in [0, 0.05) is 24.9 Å². The van der Waals surface area contributed by atoms with Crippen molar-refractivity contribution >= 4 is 40.7 Å². The number of benzene rings is 1. The maximum Gasteiger partial charge on any atom is 0.331 e. The molecule has 0 aromatic heterocycles. The van der Waals surface area contributed by atoms with Gasteiger partial charge in [-0.25, -0.2) is 4.79 Å². The lowest BCUT2D eigenvalue weighted by Gasteiger charge is -2.48. The smallest absolute Gasteiger partial charge is 0.331 e. The number of thioether (sulfide) groups is 1. The standard InChI is InChI=1S/C23H28N4O3S/c1-22(2)6-8-27-9-7-23(3,4)16-11-14(10-15(22)19(16)27)13-24-26-21-25-20(29)17(31-21)12-18(28)30-5/h10-13H,6-9H2,1-5H3,(H,25,26,29)/b17-12+,24-13?. The first-order valence-electron chi connectivity index (χ1n) is 10.4. The molecule has 1 aromatic carbocycles. The molecule has 0 bridgehead atoms. The molecule has 8 heteroatoms. The summed E-state index contributed by atoms with van der Waals surface area (Å²) in [7, 11) is 1.27. The second-order valence-corrected chi connectivity index (χ2v) is 10.5. The fourth-order valence-electron chi connectivity index (χ4n) is 4.33. The van der Waals surface area contributed by atoms with Crippen LogP contribution in [0.15, 0.2) is 33.3 Å².